The van der Waals surface area contributed by atoms with Crippen molar-refractivity contribution in [3.05, 3.63) is 64.2 Å². The quantitative estimate of drug-likeness (QED) is 0.922. The molecule has 2 rings (SSSR count). The summed E-state index contributed by atoms with van der Waals surface area (Å²) in [6.45, 7) is 3.71. The minimum Gasteiger partial charge on any atom is -0.494 e. The first-order valence-electron chi connectivity index (χ1n) is 6.75. The second-order valence-corrected chi connectivity index (χ2v) is 5.07. The third-order valence-electron chi connectivity index (χ3n) is 3.65. The van der Waals surface area contributed by atoms with E-state index >= 15 is 0 Å². The summed E-state index contributed by atoms with van der Waals surface area (Å²) in [5, 5.41) is 3.17. The lowest BCUT2D eigenvalue weighted by Gasteiger charge is -2.22. The Morgan fingerprint density at radius 2 is 1.67 bits per heavy atom. The molecule has 2 nitrogen and oxygen atoms in total. The van der Waals surface area contributed by atoms with Gasteiger partial charge in [0.2, 0.25) is 0 Å². The number of methoxy groups -OCH3 is 1. The summed E-state index contributed by atoms with van der Waals surface area (Å²) in [6, 6.07) is 7.64. The van der Waals surface area contributed by atoms with E-state index in [0.717, 1.165) is 22.3 Å². The fourth-order valence-corrected chi connectivity index (χ4v) is 2.72. The van der Waals surface area contributed by atoms with Crippen molar-refractivity contribution in [2.75, 3.05) is 14.2 Å². The largest absolute Gasteiger partial charge is 0.494 e. The molecule has 4 heteroatoms. The summed E-state index contributed by atoms with van der Waals surface area (Å²) in [5.41, 5.74) is 3.41. The van der Waals surface area contributed by atoms with Gasteiger partial charge in [0, 0.05) is 0 Å². The summed E-state index contributed by atoms with van der Waals surface area (Å²) >= 11 is 0. The summed E-state index contributed by atoms with van der Waals surface area (Å²) in [5.74, 6) is -0.460. The molecule has 0 amide bonds. The lowest BCUT2D eigenvalue weighted by Crippen LogP contribution is -2.20. The van der Waals surface area contributed by atoms with Gasteiger partial charge in [0.25, 0.3) is 0 Å². The first-order chi connectivity index (χ1) is 9.97. The minimum absolute atomic E-state index is 0.203. The van der Waals surface area contributed by atoms with E-state index in [1.807, 2.05) is 19.9 Å². The monoisotopic (exact) mass is 291 g/mol. The van der Waals surface area contributed by atoms with Crippen molar-refractivity contribution in [3.63, 3.8) is 0 Å². The van der Waals surface area contributed by atoms with Crippen LogP contribution in [0.4, 0.5) is 8.78 Å². The highest BCUT2D eigenvalue weighted by molar-refractivity contribution is 5.43. The third-order valence-corrected chi connectivity index (χ3v) is 3.65. The van der Waals surface area contributed by atoms with Crippen molar-refractivity contribution < 1.29 is 13.5 Å². The van der Waals surface area contributed by atoms with Gasteiger partial charge in [-0.25, -0.2) is 8.78 Å². The molecule has 1 unspecified atom stereocenters. The smallest absolute Gasteiger partial charge is 0.165 e. The minimum atomic E-state index is -0.410. The van der Waals surface area contributed by atoms with Crippen molar-refractivity contribution in [2.24, 2.45) is 0 Å². The number of halogens is 2. The maximum absolute atomic E-state index is 13.9. The highest BCUT2D eigenvalue weighted by atomic mass is 19.1. The Kier molecular flexibility index (Phi) is 4.58. The normalized spacial score (nSPS) is 12.3. The molecule has 1 N–H and O–H groups in total. The van der Waals surface area contributed by atoms with Crippen LogP contribution in [0, 0.1) is 25.5 Å². The van der Waals surface area contributed by atoms with Crippen LogP contribution in [0.25, 0.3) is 0 Å². The fraction of sp³-hybridized carbons (Fsp3) is 0.294. The molecule has 0 aromatic heterocycles. The average Bonchev–Trinajstić information content (AvgIpc) is 2.42. The Morgan fingerprint density at radius 3 is 2.14 bits per heavy atom. The highest BCUT2D eigenvalue weighted by Crippen LogP contribution is 2.30. The number of ether oxygens (including phenoxy) is 1. The van der Waals surface area contributed by atoms with E-state index in [-0.39, 0.29) is 17.6 Å². The van der Waals surface area contributed by atoms with Crippen molar-refractivity contribution in [3.8, 4) is 5.75 Å². The number of nitrogens with one attached hydrogen (secondary N) is 1. The van der Waals surface area contributed by atoms with Gasteiger partial charge in [-0.3, -0.25) is 0 Å². The van der Waals surface area contributed by atoms with Crippen molar-refractivity contribution in [2.45, 2.75) is 19.9 Å². The summed E-state index contributed by atoms with van der Waals surface area (Å²) < 4.78 is 32.3. The molecule has 0 fully saturated rings. The molecular weight excluding hydrogens is 272 g/mol. The number of hydrogen-bond acceptors (Lipinski definition) is 2. The molecule has 0 aliphatic rings. The van der Waals surface area contributed by atoms with Gasteiger partial charge in [-0.2, -0.15) is 0 Å². The number of hydrogen-bond donors (Lipinski definition) is 1. The van der Waals surface area contributed by atoms with E-state index in [0.29, 0.717) is 0 Å². The van der Waals surface area contributed by atoms with Gasteiger partial charge >= 0.3 is 0 Å². The Hall–Kier alpha value is -1.94. The van der Waals surface area contributed by atoms with E-state index in [1.54, 1.807) is 13.1 Å². The maximum Gasteiger partial charge on any atom is 0.165 e. The molecule has 112 valence electrons. The van der Waals surface area contributed by atoms with E-state index in [1.165, 1.54) is 25.3 Å². The Bertz CT molecular complexity index is 632. The fourth-order valence-electron chi connectivity index (χ4n) is 2.72. The number of rotatable bonds is 4. The molecular formula is C17H19F2NO. The molecule has 0 bridgehead atoms. The predicted molar refractivity (Wildman–Crippen MR) is 79.7 cm³/mol. The Labute approximate surface area is 123 Å². The van der Waals surface area contributed by atoms with Gasteiger partial charge in [-0.05, 0) is 67.4 Å². The lowest BCUT2D eigenvalue weighted by molar-refractivity contribution is 0.386. The zero-order valence-electron chi connectivity index (χ0n) is 12.6. The second kappa shape index (κ2) is 6.22. The molecule has 0 saturated carbocycles. The molecule has 1 atom stereocenters. The topological polar surface area (TPSA) is 21.3 Å². The zero-order chi connectivity index (χ0) is 15.6. The van der Waals surface area contributed by atoms with Gasteiger partial charge < -0.3 is 10.1 Å². The van der Waals surface area contributed by atoms with Gasteiger partial charge in [0.1, 0.15) is 5.82 Å². The maximum atomic E-state index is 13.9. The van der Waals surface area contributed by atoms with Crippen LogP contribution < -0.4 is 10.1 Å². The van der Waals surface area contributed by atoms with Crippen molar-refractivity contribution in [1.29, 1.82) is 0 Å². The second-order valence-electron chi connectivity index (χ2n) is 5.07. The van der Waals surface area contributed by atoms with Gasteiger partial charge in [-0.1, -0.05) is 6.07 Å². The van der Waals surface area contributed by atoms with E-state index in [9.17, 15) is 8.78 Å². The van der Waals surface area contributed by atoms with Crippen LogP contribution in [0.5, 0.6) is 5.75 Å². The molecule has 0 spiro atoms. The molecule has 0 aliphatic carbocycles. The van der Waals surface area contributed by atoms with Crippen LogP contribution in [0.3, 0.4) is 0 Å². The van der Waals surface area contributed by atoms with Crippen LogP contribution >= 0.6 is 0 Å². The first-order valence-corrected chi connectivity index (χ1v) is 6.75. The lowest BCUT2D eigenvalue weighted by atomic mass is 9.91. The Morgan fingerprint density at radius 1 is 1.05 bits per heavy atom. The predicted octanol–water partition coefficient (Wildman–Crippen LogP) is 3.90. The molecule has 0 saturated heterocycles. The standard InChI is InChI=1S/C17H19F2NO/c1-10-7-13(18)8-11(2)16(10)17(20-3)12-5-6-15(21-4)14(19)9-12/h5-9,17,20H,1-4H3. The molecule has 0 radical (unpaired) electrons. The molecule has 2 aromatic carbocycles. The van der Waals surface area contributed by atoms with E-state index < -0.39 is 5.82 Å². The van der Waals surface area contributed by atoms with Crippen molar-refractivity contribution >= 4 is 0 Å². The van der Waals surface area contributed by atoms with Crippen LogP contribution in [0.2, 0.25) is 0 Å². The molecule has 0 aliphatic heterocycles. The molecule has 0 heterocycles. The van der Waals surface area contributed by atoms with Crippen LogP contribution in [-0.2, 0) is 0 Å². The summed E-state index contributed by atoms with van der Waals surface area (Å²) in [6.07, 6.45) is 0. The van der Waals surface area contributed by atoms with Crippen LogP contribution in [0.15, 0.2) is 30.3 Å². The van der Waals surface area contributed by atoms with E-state index in [4.69, 9.17) is 4.74 Å². The van der Waals surface area contributed by atoms with Gasteiger partial charge in [-0.15, -0.1) is 0 Å². The van der Waals surface area contributed by atoms with Crippen LogP contribution in [0.1, 0.15) is 28.3 Å². The SMILES string of the molecule is CNC(c1ccc(OC)c(F)c1)c1c(C)cc(F)cc1C. The average molecular weight is 291 g/mol. The molecule has 2 aromatic rings. The Balaban J connectivity index is 2.52. The van der Waals surface area contributed by atoms with Gasteiger partial charge in [0.15, 0.2) is 11.6 Å². The molecule has 21 heavy (non-hydrogen) atoms. The zero-order valence-corrected chi connectivity index (χ0v) is 12.6. The summed E-state index contributed by atoms with van der Waals surface area (Å²) in [4.78, 5) is 0. The van der Waals surface area contributed by atoms with E-state index in [2.05, 4.69) is 5.32 Å². The summed E-state index contributed by atoms with van der Waals surface area (Å²) in [7, 11) is 3.23. The number of benzene rings is 2. The van der Waals surface area contributed by atoms with Gasteiger partial charge in [0.05, 0.1) is 13.2 Å². The third kappa shape index (κ3) is 3.05. The number of aryl methyl sites for hydroxylation is 2. The first kappa shape index (κ1) is 15.4. The highest BCUT2D eigenvalue weighted by Gasteiger charge is 2.19. The van der Waals surface area contributed by atoms with Crippen molar-refractivity contribution in [1.82, 2.24) is 5.32 Å². The van der Waals surface area contributed by atoms with Crippen LogP contribution in [-0.4, -0.2) is 14.2 Å².